The third-order valence-corrected chi connectivity index (χ3v) is 2.99. The Morgan fingerprint density at radius 2 is 1.62 bits per heavy atom. The Morgan fingerprint density at radius 3 is 2.38 bits per heavy atom. The van der Waals surface area contributed by atoms with E-state index in [-0.39, 0.29) is 0 Å². The highest BCUT2D eigenvalue weighted by Crippen LogP contribution is 2.29. The summed E-state index contributed by atoms with van der Waals surface area (Å²) < 4.78 is 0. The lowest BCUT2D eigenvalue weighted by Crippen LogP contribution is -1.90. The van der Waals surface area contributed by atoms with Crippen LogP contribution < -0.4 is 0 Å². The van der Waals surface area contributed by atoms with Gasteiger partial charge < -0.3 is 0 Å². The highest BCUT2D eigenvalue weighted by molar-refractivity contribution is 6.31. The van der Waals surface area contributed by atoms with Gasteiger partial charge in [0, 0.05) is 22.5 Å². The molecule has 0 aliphatic rings. The third kappa shape index (κ3) is 2.21. The van der Waals surface area contributed by atoms with Gasteiger partial charge in [-0.25, -0.2) is 0 Å². The molecule has 0 amide bonds. The first-order valence-corrected chi connectivity index (χ1v) is 5.72. The molecular weight excluding hydrogens is 241 g/mol. The summed E-state index contributed by atoms with van der Waals surface area (Å²) in [6, 6.07) is 7.74. The lowest BCUT2D eigenvalue weighted by Gasteiger charge is -2.09. The van der Waals surface area contributed by atoms with Crippen LogP contribution in [0.15, 0.2) is 30.5 Å². The average Bonchev–Trinajstić information content (AvgIpc) is 2.25. The van der Waals surface area contributed by atoms with Crippen molar-refractivity contribution in [3.8, 4) is 11.1 Å². The molecule has 1 heterocycles. The molecule has 0 N–H and O–H groups in total. The van der Waals surface area contributed by atoms with Crippen molar-refractivity contribution in [2.45, 2.75) is 13.8 Å². The predicted molar refractivity (Wildman–Crippen MR) is 69.2 cm³/mol. The minimum absolute atomic E-state index is 0.639. The van der Waals surface area contributed by atoms with E-state index >= 15 is 0 Å². The highest BCUT2D eigenvalue weighted by Gasteiger charge is 2.07. The molecular formula is C13H11Cl2N. The number of rotatable bonds is 1. The zero-order chi connectivity index (χ0) is 11.7. The van der Waals surface area contributed by atoms with Gasteiger partial charge in [-0.1, -0.05) is 29.3 Å². The second-order valence-electron chi connectivity index (χ2n) is 3.75. The van der Waals surface area contributed by atoms with Crippen molar-refractivity contribution in [2.24, 2.45) is 0 Å². The Labute approximate surface area is 105 Å². The van der Waals surface area contributed by atoms with E-state index < -0.39 is 0 Å². The molecule has 0 unspecified atom stereocenters. The summed E-state index contributed by atoms with van der Waals surface area (Å²) in [6.07, 6.45) is 1.65. The van der Waals surface area contributed by atoms with Crippen LogP contribution in [0.5, 0.6) is 0 Å². The van der Waals surface area contributed by atoms with Gasteiger partial charge in [0.15, 0.2) is 0 Å². The highest BCUT2D eigenvalue weighted by atomic mass is 35.5. The van der Waals surface area contributed by atoms with Gasteiger partial charge in [-0.15, -0.1) is 0 Å². The van der Waals surface area contributed by atoms with Gasteiger partial charge in [-0.05, 0) is 43.2 Å². The zero-order valence-electron chi connectivity index (χ0n) is 9.09. The van der Waals surface area contributed by atoms with E-state index in [1.807, 2.05) is 38.1 Å². The van der Waals surface area contributed by atoms with Crippen molar-refractivity contribution in [1.82, 2.24) is 4.98 Å². The van der Waals surface area contributed by atoms with Crippen LogP contribution in [0.4, 0.5) is 0 Å². The molecule has 0 radical (unpaired) electrons. The molecule has 0 atom stereocenters. The van der Waals surface area contributed by atoms with Gasteiger partial charge in [0.2, 0.25) is 0 Å². The van der Waals surface area contributed by atoms with Crippen molar-refractivity contribution < 1.29 is 0 Å². The van der Waals surface area contributed by atoms with Crippen molar-refractivity contribution in [3.05, 3.63) is 51.8 Å². The first-order chi connectivity index (χ1) is 7.58. The van der Waals surface area contributed by atoms with Crippen LogP contribution >= 0.6 is 23.2 Å². The maximum absolute atomic E-state index is 6.01. The smallest absolute Gasteiger partial charge is 0.0595 e. The topological polar surface area (TPSA) is 12.9 Å². The van der Waals surface area contributed by atoms with Crippen LogP contribution in [0.1, 0.15) is 11.3 Å². The monoisotopic (exact) mass is 251 g/mol. The van der Waals surface area contributed by atoms with E-state index in [0.717, 1.165) is 27.4 Å². The second kappa shape index (κ2) is 4.44. The summed E-state index contributed by atoms with van der Waals surface area (Å²) in [4.78, 5) is 4.25. The maximum atomic E-state index is 6.01. The number of pyridine rings is 1. The summed E-state index contributed by atoms with van der Waals surface area (Å²) >= 11 is 12.0. The second-order valence-corrected chi connectivity index (χ2v) is 4.62. The summed E-state index contributed by atoms with van der Waals surface area (Å²) in [7, 11) is 0. The van der Waals surface area contributed by atoms with Crippen molar-refractivity contribution in [2.75, 3.05) is 0 Å². The lowest BCUT2D eigenvalue weighted by atomic mass is 10.00. The van der Waals surface area contributed by atoms with E-state index in [0.29, 0.717) is 5.02 Å². The molecule has 1 aromatic carbocycles. The maximum Gasteiger partial charge on any atom is 0.0595 e. The number of aryl methyl sites for hydroxylation is 2. The molecule has 3 heteroatoms. The van der Waals surface area contributed by atoms with Crippen LogP contribution in [-0.4, -0.2) is 4.98 Å². The van der Waals surface area contributed by atoms with E-state index in [9.17, 15) is 0 Å². The van der Waals surface area contributed by atoms with Crippen LogP contribution in [0.2, 0.25) is 10.0 Å². The number of aromatic nitrogens is 1. The van der Waals surface area contributed by atoms with Crippen molar-refractivity contribution >= 4 is 23.2 Å². The zero-order valence-corrected chi connectivity index (χ0v) is 10.6. The molecule has 0 spiro atoms. The predicted octanol–water partition coefficient (Wildman–Crippen LogP) is 4.67. The summed E-state index contributed by atoms with van der Waals surface area (Å²) in [5.41, 5.74) is 4.24. The molecule has 16 heavy (non-hydrogen) atoms. The molecule has 1 aromatic heterocycles. The minimum atomic E-state index is 0.639. The fraction of sp³-hybridized carbons (Fsp3) is 0.154. The van der Waals surface area contributed by atoms with Crippen molar-refractivity contribution in [1.29, 1.82) is 0 Å². The molecule has 0 fully saturated rings. The Bertz CT molecular complexity index is 486. The van der Waals surface area contributed by atoms with E-state index in [1.54, 1.807) is 6.20 Å². The van der Waals surface area contributed by atoms with Gasteiger partial charge >= 0.3 is 0 Å². The van der Waals surface area contributed by atoms with Crippen LogP contribution in [0.3, 0.4) is 0 Å². The number of halogens is 2. The minimum Gasteiger partial charge on any atom is -0.259 e. The largest absolute Gasteiger partial charge is 0.259 e. The number of nitrogens with zero attached hydrogens (tertiary/aromatic N) is 1. The lowest BCUT2D eigenvalue weighted by molar-refractivity contribution is 1.20. The number of hydrogen-bond acceptors (Lipinski definition) is 1. The van der Waals surface area contributed by atoms with E-state index in [4.69, 9.17) is 23.2 Å². The van der Waals surface area contributed by atoms with E-state index in [1.165, 1.54) is 0 Å². The molecule has 0 bridgehead atoms. The quantitative estimate of drug-likeness (QED) is 0.718. The summed E-state index contributed by atoms with van der Waals surface area (Å²) in [5.74, 6) is 0. The molecule has 0 saturated heterocycles. The summed E-state index contributed by atoms with van der Waals surface area (Å²) in [6.45, 7) is 4.01. The molecule has 2 rings (SSSR count). The number of hydrogen-bond donors (Lipinski definition) is 0. The molecule has 0 aliphatic carbocycles. The summed E-state index contributed by atoms with van der Waals surface area (Å²) in [5, 5.41) is 1.36. The Hall–Kier alpha value is -1.05. The molecule has 82 valence electrons. The first kappa shape index (κ1) is 11.4. The SMILES string of the molecule is Cc1ccc(Cl)cc1-c1cc(Cl)cnc1C. The Balaban J connectivity index is 2.66. The third-order valence-electron chi connectivity index (χ3n) is 2.54. The van der Waals surface area contributed by atoms with Gasteiger partial charge in [-0.2, -0.15) is 0 Å². The van der Waals surface area contributed by atoms with Crippen LogP contribution in [-0.2, 0) is 0 Å². The number of benzene rings is 1. The Kier molecular flexibility index (Phi) is 3.17. The van der Waals surface area contributed by atoms with Crippen LogP contribution in [0.25, 0.3) is 11.1 Å². The molecule has 2 aromatic rings. The molecule has 0 aliphatic heterocycles. The van der Waals surface area contributed by atoms with E-state index in [2.05, 4.69) is 4.98 Å². The van der Waals surface area contributed by atoms with Gasteiger partial charge in [0.25, 0.3) is 0 Å². The fourth-order valence-electron chi connectivity index (χ4n) is 1.66. The van der Waals surface area contributed by atoms with Gasteiger partial charge in [0.05, 0.1) is 5.02 Å². The van der Waals surface area contributed by atoms with Crippen molar-refractivity contribution in [3.63, 3.8) is 0 Å². The van der Waals surface area contributed by atoms with Gasteiger partial charge in [0.1, 0.15) is 0 Å². The van der Waals surface area contributed by atoms with Crippen LogP contribution in [0, 0.1) is 13.8 Å². The average molecular weight is 252 g/mol. The standard InChI is InChI=1S/C13H11Cl2N/c1-8-3-4-10(14)5-12(8)13-6-11(15)7-16-9(13)2/h3-7H,1-2H3. The normalized spacial score (nSPS) is 10.5. The Morgan fingerprint density at radius 1 is 0.938 bits per heavy atom. The molecule has 1 nitrogen and oxygen atoms in total. The first-order valence-electron chi connectivity index (χ1n) is 4.96. The fourth-order valence-corrected chi connectivity index (χ4v) is 1.99. The van der Waals surface area contributed by atoms with Gasteiger partial charge in [-0.3, -0.25) is 4.98 Å². The molecule has 0 saturated carbocycles.